The number of benzene rings is 2. The van der Waals surface area contributed by atoms with Gasteiger partial charge in [0.05, 0.1) is 0 Å². The molecule has 4 heteroatoms. The second-order valence-electron chi connectivity index (χ2n) is 4.19. The third-order valence-electron chi connectivity index (χ3n) is 2.79. The van der Waals surface area contributed by atoms with Crippen molar-refractivity contribution in [2.75, 3.05) is 0 Å². The smallest absolute Gasteiger partial charge is 0.170 e. The van der Waals surface area contributed by atoms with Crippen molar-refractivity contribution in [3.8, 4) is 0 Å². The van der Waals surface area contributed by atoms with Crippen LogP contribution in [0.15, 0.2) is 48.5 Å². The van der Waals surface area contributed by atoms with Crippen LogP contribution in [0.25, 0.3) is 0 Å². The summed E-state index contributed by atoms with van der Waals surface area (Å²) < 4.78 is 26.4. The van der Waals surface area contributed by atoms with E-state index in [1.807, 2.05) is 0 Å². The average molecular weight is 262 g/mol. The number of hydrogen-bond acceptors (Lipinski definition) is 2. The fraction of sp³-hybridized carbons (Fsp3) is 0.133. The minimum Gasteiger partial charge on any atom is -0.381 e. The molecule has 0 aromatic heterocycles. The first-order valence-corrected chi connectivity index (χ1v) is 5.77. The van der Waals surface area contributed by atoms with Crippen LogP contribution in [-0.2, 0) is 11.2 Å². The highest BCUT2D eigenvalue weighted by molar-refractivity contribution is 5.86. The van der Waals surface area contributed by atoms with Crippen LogP contribution in [0.2, 0.25) is 0 Å². The van der Waals surface area contributed by atoms with E-state index in [4.69, 9.17) is 0 Å². The Morgan fingerprint density at radius 3 is 2.47 bits per heavy atom. The van der Waals surface area contributed by atoms with Gasteiger partial charge in [0, 0.05) is 6.42 Å². The van der Waals surface area contributed by atoms with Crippen LogP contribution < -0.4 is 0 Å². The molecule has 2 nitrogen and oxygen atoms in total. The zero-order valence-corrected chi connectivity index (χ0v) is 10.0. The lowest BCUT2D eigenvalue weighted by atomic mass is 10.00. The van der Waals surface area contributed by atoms with Gasteiger partial charge in [0.15, 0.2) is 5.78 Å². The van der Waals surface area contributed by atoms with Crippen LogP contribution in [0.3, 0.4) is 0 Å². The van der Waals surface area contributed by atoms with Crippen molar-refractivity contribution in [3.63, 3.8) is 0 Å². The predicted octanol–water partition coefficient (Wildman–Crippen LogP) is 2.81. The molecule has 0 saturated heterocycles. The lowest BCUT2D eigenvalue weighted by Gasteiger charge is -2.10. The molecule has 0 bridgehead atoms. The number of aliphatic hydroxyl groups is 1. The maximum atomic E-state index is 13.4. The van der Waals surface area contributed by atoms with Crippen molar-refractivity contribution < 1.29 is 18.7 Å². The lowest BCUT2D eigenvalue weighted by molar-refractivity contribution is -0.126. The molecule has 1 N–H and O–H groups in total. The molecule has 2 rings (SSSR count). The van der Waals surface area contributed by atoms with Crippen LogP contribution in [-0.4, -0.2) is 10.9 Å². The SMILES string of the molecule is O=C(Cc1cc(F)ccc1F)C(O)c1ccccc1. The molecule has 1 unspecified atom stereocenters. The maximum absolute atomic E-state index is 13.4. The molecule has 0 aliphatic carbocycles. The van der Waals surface area contributed by atoms with E-state index < -0.39 is 23.5 Å². The minimum absolute atomic E-state index is 0.0556. The summed E-state index contributed by atoms with van der Waals surface area (Å²) >= 11 is 0. The highest BCUT2D eigenvalue weighted by Crippen LogP contribution is 2.18. The van der Waals surface area contributed by atoms with Gasteiger partial charge in [0.25, 0.3) is 0 Å². The van der Waals surface area contributed by atoms with Gasteiger partial charge >= 0.3 is 0 Å². The van der Waals surface area contributed by atoms with E-state index in [-0.39, 0.29) is 12.0 Å². The molecule has 0 radical (unpaired) electrons. The highest BCUT2D eigenvalue weighted by atomic mass is 19.1. The van der Waals surface area contributed by atoms with Crippen LogP contribution >= 0.6 is 0 Å². The fourth-order valence-electron chi connectivity index (χ4n) is 1.78. The van der Waals surface area contributed by atoms with Gasteiger partial charge in [-0.3, -0.25) is 4.79 Å². The van der Waals surface area contributed by atoms with Gasteiger partial charge in [-0.25, -0.2) is 8.78 Å². The van der Waals surface area contributed by atoms with E-state index in [1.54, 1.807) is 30.3 Å². The number of aliphatic hydroxyl groups excluding tert-OH is 1. The first-order chi connectivity index (χ1) is 9.08. The van der Waals surface area contributed by atoms with Crippen molar-refractivity contribution >= 4 is 5.78 Å². The number of halogens is 2. The van der Waals surface area contributed by atoms with Gasteiger partial charge in [-0.1, -0.05) is 30.3 Å². The number of hydrogen-bond donors (Lipinski definition) is 1. The van der Waals surface area contributed by atoms with Crippen molar-refractivity contribution in [3.05, 3.63) is 71.3 Å². The summed E-state index contributed by atoms with van der Waals surface area (Å²) in [4.78, 5) is 11.8. The summed E-state index contributed by atoms with van der Waals surface area (Å²) in [7, 11) is 0. The number of carbonyl (C=O) groups is 1. The predicted molar refractivity (Wildman–Crippen MR) is 66.5 cm³/mol. The minimum atomic E-state index is -1.33. The van der Waals surface area contributed by atoms with Gasteiger partial charge in [0.1, 0.15) is 17.7 Å². The molecule has 0 amide bonds. The Morgan fingerprint density at radius 1 is 1.11 bits per heavy atom. The highest BCUT2D eigenvalue weighted by Gasteiger charge is 2.19. The topological polar surface area (TPSA) is 37.3 Å². The Hall–Kier alpha value is -2.07. The molecule has 98 valence electrons. The zero-order valence-electron chi connectivity index (χ0n) is 10.0. The number of rotatable bonds is 4. The summed E-state index contributed by atoms with van der Waals surface area (Å²) in [6, 6.07) is 11.2. The molecule has 0 aliphatic rings. The molecule has 1 atom stereocenters. The Labute approximate surface area is 109 Å². The molecule has 2 aromatic carbocycles. The van der Waals surface area contributed by atoms with Crippen LogP contribution in [0.1, 0.15) is 17.2 Å². The summed E-state index contributed by atoms with van der Waals surface area (Å²) in [5, 5.41) is 9.84. The summed E-state index contributed by atoms with van der Waals surface area (Å²) in [5.74, 6) is -1.84. The Balaban J connectivity index is 2.15. The van der Waals surface area contributed by atoms with Gasteiger partial charge < -0.3 is 5.11 Å². The second-order valence-corrected chi connectivity index (χ2v) is 4.19. The van der Waals surface area contributed by atoms with E-state index >= 15 is 0 Å². The van der Waals surface area contributed by atoms with Crippen LogP contribution in [0.4, 0.5) is 8.78 Å². The Kier molecular flexibility index (Phi) is 4.02. The van der Waals surface area contributed by atoms with E-state index in [1.165, 1.54) is 0 Å². The molecule has 0 saturated carbocycles. The van der Waals surface area contributed by atoms with E-state index in [0.717, 1.165) is 18.2 Å². The zero-order chi connectivity index (χ0) is 13.8. The van der Waals surface area contributed by atoms with Gasteiger partial charge in [-0.15, -0.1) is 0 Å². The third-order valence-corrected chi connectivity index (χ3v) is 2.79. The molecule has 0 spiro atoms. The maximum Gasteiger partial charge on any atom is 0.170 e. The molecule has 0 heterocycles. The van der Waals surface area contributed by atoms with E-state index in [9.17, 15) is 18.7 Å². The second kappa shape index (κ2) is 5.71. The summed E-state index contributed by atoms with van der Waals surface area (Å²) in [6.07, 6.45) is -1.68. The first-order valence-electron chi connectivity index (χ1n) is 5.77. The number of carbonyl (C=O) groups excluding carboxylic acids is 1. The van der Waals surface area contributed by atoms with E-state index in [0.29, 0.717) is 5.56 Å². The monoisotopic (exact) mass is 262 g/mol. The normalized spacial score (nSPS) is 12.2. The molecule has 0 fully saturated rings. The standard InChI is InChI=1S/C15H12F2O2/c16-12-6-7-13(17)11(8-12)9-14(18)15(19)10-4-2-1-3-5-10/h1-8,15,19H,9H2. The first kappa shape index (κ1) is 13.4. The quantitative estimate of drug-likeness (QED) is 0.920. The Bertz CT molecular complexity index is 582. The van der Waals surface area contributed by atoms with Crippen molar-refractivity contribution in [1.82, 2.24) is 0 Å². The Morgan fingerprint density at radius 2 is 1.79 bits per heavy atom. The summed E-state index contributed by atoms with van der Waals surface area (Å²) in [5.41, 5.74) is 0.379. The van der Waals surface area contributed by atoms with Gasteiger partial charge in [-0.05, 0) is 29.3 Å². The van der Waals surface area contributed by atoms with Crippen molar-refractivity contribution in [1.29, 1.82) is 0 Å². The van der Waals surface area contributed by atoms with Crippen LogP contribution in [0, 0.1) is 11.6 Å². The van der Waals surface area contributed by atoms with Crippen molar-refractivity contribution in [2.24, 2.45) is 0 Å². The summed E-state index contributed by atoms with van der Waals surface area (Å²) in [6.45, 7) is 0. The molecular formula is C15H12F2O2. The largest absolute Gasteiger partial charge is 0.381 e. The van der Waals surface area contributed by atoms with Crippen molar-refractivity contribution in [2.45, 2.75) is 12.5 Å². The average Bonchev–Trinajstić information content (AvgIpc) is 2.43. The van der Waals surface area contributed by atoms with Gasteiger partial charge in [-0.2, -0.15) is 0 Å². The van der Waals surface area contributed by atoms with Gasteiger partial charge in [0.2, 0.25) is 0 Å². The third kappa shape index (κ3) is 3.23. The molecule has 19 heavy (non-hydrogen) atoms. The molecule has 2 aromatic rings. The molecule has 0 aliphatic heterocycles. The number of Topliss-reactive ketones (excluding diaryl/α,β-unsaturated/α-hetero) is 1. The van der Waals surface area contributed by atoms with E-state index in [2.05, 4.69) is 0 Å². The number of ketones is 1. The lowest BCUT2D eigenvalue weighted by Crippen LogP contribution is -2.15. The molecular weight excluding hydrogens is 250 g/mol. The fourth-order valence-corrected chi connectivity index (χ4v) is 1.78. The van der Waals surface area contributed by atoms with Crippen LogP contribution in [0.5, 0.6) is 0 Å².